The molecule has 0 saturated heterocycles. The number of carbonyl (C=O) groups excluding carboxylic acids is 1. The van der Waals surface area contributed by atoms with Crippen molar-refractivity contribution < 1.29 is 4.79 Å². The van der Waals surface area contributed by atoms with Crippen LogP contribution in [0.25, 0.3) is 0 Å². The molecule has 4 heteroatoms. The molecule has 4 nitrogen and oxygen atoms in total. The number of aromatic nitrogens is 2. The smallest absolute Gasteiger partial charge is 0.223 e. The molecule has 1 aliphatic heterocycles. The summed E-state index contributed by atoms with van der Waals surface area (Å²) in [5.41, 5.74) is 1.13. The van der Waals surface area contributed by atoms with Gasteiger partial charge in [-0.2, -0.15) is 0 Å². The molecule has 0 saturated carbocycles. The Kier molecular flexibility index (Phi) is 2.75. The fourth-order valence-electron chi connectivity index (χ4n) is 1.87. The highest BCUT2D eigenvalue weighted by Crippen LogP contribution is 2.25. The summed E-state index contributed by atoms with van der Waals surface area (Å²) < 4.78 is 2.10. The van der Waals surface area contributed by atoms with Crippen molar-refractivity contribution in [1.82, 2.24) is 14.9 Å². The molecular weight excluding hydrogens is 190 g/mol. The van der Waals surface area contributed by atoms with E-state index in [-0.39, 0.29) is 17.9 Å². The van der Waals surface area contributed by atoms with Crippen LogP contribution >= 0.6 is 0 Å². The molecule has 2 unspecified atom stereocenters. The Morgan fingerprint density at radius 2 is 2.60 bits per heavy atom. The van der Waals surface area contributed by atoms with Gasteiger partial charge in [0.15, 0.2) is 0 Å². The molecule has 2 heterocycles. The minimum Gasteiger partial charge on any atom is -0.347 e. The van der Waals surface area contributed by atoms with Crippen molar-refractivity contribution in [3.63, 3.8) is 0 Å². The van der Waals surface area contributed by atoms with Crippen molar-refractivity contribution >= 4 is 5.91 Å². The van der Waals surface area contributed by atoms with Crippen LogP contribution in [0.4, 0.5) is 0 Å². The standard InChI is InChI=1S/C11H17N3O/c1-3-8(2)11(15)13-9-4-5-14-7-12-6-10(9)14/h6-9H,3-5H2,1-2H3,(H,13,15). The van der Waals surface area contributed by atoms with Crippen molar-refractivity contribution in [1.29, 1.82) is 0 Å². The fraction of sp³-hybridized carbons (Fsp3) is 0.636. The number of nitrogens with zero attached hydrogens (tertiary/aromatic N) is 2. The molecule has 1 amide bonds. The number of nitrogens with one attached hydrogen (secondary N) is 1. The monoisotopic (exact) mass is 207 g/mol. The lowest BCUT2D eigenvalue weighted by atomic mass is 10.1. The van der Waals surface area contributed by atoms with Crippen LogP contribution in [0.1, 0.15) is 38.4 Å². The van der Waals surface area contributed by atoms with Gasteiger partial charge in [-0.1, -0.05) is 13.8 Å². The SMILES string of the molecule is CCC(C)C(=O)NC1CCn2cncc21. The lowest BCUT2D eigenvalue weighted by Crippen LogP contribution is -2.31. The van der Waals surface area contributed by atoms with Gasteiger partial charge < -0.3 is 9.88 Å². The third-order valence-corrected chi connectivity index (χ3v) is 3.14. The molecule has 82 valence electrons. The minimum absolute atomic E-state index is 0.0990. The minimum atomic E-state index is 0.0990. The zero-order chi connectivity index (χ0) is 10.8. The van der Waals surface area contributed by atoms with E-state index in [0.717, 1.165) is 25.1 Å². The van der Waals surface area contributed by atoms with Gasteiger partial charge in [-0.15, -0.1) is 0 Å². The zero-order valence-corrected chi connectivity index (χ0v) is 9.23. The molecule has 1 aromatic heterocycles. The summed E-state index contributed by atoms with van der Waals surface area (Å²) >= 11 is 0. The Morgan fingerprint density at radius 1 is 1.80 bits per heavy atom. The van der Waals surface area contributed by atoms with Crippen LogP contribution in [0.2, 0.25) is 0 Å². The van der Waals surface area contributed by atoms with Crippen molar-refractivity contribution in [2.75, 3.05) is 0 Å². The summed E-state index contributed by atoms with van der Waals surface area (Å²) in [5, 5.41) is 3.07. The second kappa shape index (κ2) is 4.04. The molecule has 0 radical (unpaired) electrons. The summed E-state index contributed by atoms with van der Waals surface area (Å²) in [6.07, 6.45) is 5.54. The second-order valence-corrected chi connectivity index (χ2v) is 4.17. The topological polar surface area (TPSA) is 46.9 Å². The first kappa shape index (κ1) is 10.2. The number of amides is 1. The first-order valence-electron chi connectivity index (χ1n) is 5.52. The Hall–Kier alpha value is -1.32. The van der Waals surface area contributed by atoms with Gasteiger partial charge in [-0.25, -0.2) is 4.98 Å². The maximum Gasteiger partial charge on any atom is 0.223 e. The number of rotatable bonds is 3. The van der Waals surface area contributed by atoms with Gasteiger partial charge in [-0.05, 0) is 12.8 Å². The first-order valence-corrected chi connectivity index (χ1v) is 5.52. The summed E-state index contributed by atoms with van der Waals surface area (Å²) in [4.78, 5) is 15.8. The zero-order valence-electron chi connectivity index (χ0n) is 9.23. The Bertz CT molecular complexity index is 358. The number of imidazole rings is 1. The number of fused-ring (bicyclic) bond motifs is 1. The van der Waals surface area contributed by atoms with Crippen molar-refractivity contribution in [3.8, 4) is 0 Å². The summed E-state index contributed by atoms with van der Waals surface area (Å²) in [6, 6.07) is 0.161. The van der Waals surface area contributed by atoms with Gasteiger partial charge in [0.2, 0.25) is 5.91 Å². The van der Waals surface area contributed by atoms with Gasteiger partial charge in [0, 0.05) is 12.5 Å². The normalized spacial score (nSPS) is 21.1. The lowest BCUT2D eigenvalue weighted by molar-refractivity contribution is -0.125. The highest BCUT2D eigenvalue weighted by molar-refractivity contribution is 5.78. The molecule has 2 rings (SSSR count). The van der Waals surface area contributed by atoms with Crippen LogP contribution in [-0.2, 0) is 11.3 Å². The molecule has 2 atom stereocenters. The van der Waals surface area contributed by atoms with Crippen LogP contribution < -0.4 is 5.32 Å². The molecule has 1 aromatic rings. The fourth-order valence-corrected chi connectivity index (χ4v) is 1.87. The van der Waals surface area contributed by atoms with Gasteiger partial charge in [0.25, 0.3) is 0 Å². The summed E-state index contributed by atoms with van der Waals surface area (Å²) in [5.74, 6) is 0.249. The van der Waals surface area contributed by atoms with Gasteiger partial charge in [0.05, 0.1) is 24.3 Å². The van der Waals surface area contributed by atoms with E-state index in [9.17, 15) is 4.79 Å². The number of hydrogen-bond donors (Lipinski definition) is 1. The van der Waals surface area contributed by atoms with E-state index >= 15 is 0 Å². The molecule has 15 heavy (non-hydrogen) atoms. The first-order chi connectivity index (χ1) is 7.22. The van der Waals surface area contributed by atoms with Gasteiger partial charge in [0.1, 0.15) is 0 Å². The average Bonchev–Trinajstić information content (AvgIpc) is 2.81. The van der Waals surface area contributed by atoms with Crippen LogP contribution in [0.3, 0.4) is 0 Å². The second-order valence-electron chi connectivity index (χ2n) is 4.17. The van der Waals surface area contributed by atoms with Crippen LogP contribution in [0, 0.1) is 5.92 Å². The molecule has 0 spiro atoms. The Morgan fingerprint density at radius 3 is 3.33 bits per heavy atom. The van der Waals surface area contributed by atoms with Gasteiger partial charge in [-0.3, -0.25) is 4.79 Å². The predicted octanol–water partition coefficient (Wildman–Crippen LogP) is 1.49. The van der Waals surface area contributed by atoms with E-state index in [1.165, 1.54) is 0 Å². The average molecular weight is 207 g/mol. The molecule has 0 aromatic carbocycles. The molecule has 1 N–H and O–H groups in total. The van der Waals surface area contributed by atoms with Crippen molar-refractivity contribution in [2.45, 2.75) is 39.3 Å². The Labute approximate surface area is 89.7 Å². The quantitative estimate of drug-likeness (QED) is 0.816. The highest BCUT2D eigenvalue weighted by atomic mass is 16.1. The van der Waals surface area contributed by atoms with Gasteiger partial charge >= 0.3 is 0 Å². The number of hydrogen-bond acceptors (Lipinski definition) is 2. The van der Waals surface area contributed by atoms with Crippen LogP contribution in [-0.4, -0.2) is 15.5 Å². The maximum absolute atomic E-state index is 11.7. The lowest BCUT2D eigenvalue weighted by Gasteiger charge is -2.15. The Balaban J connectivity index is 2.00. The largest absolute Gasteiger partial charge is 0.347 e. The van der Waals surface area contributed by atoms with Crippen LogP contribution in [0.5, 0.6) is 0 Å². The van der Waals surface area contributed by atoms with Crippen LogP contribution in [0.15, 0.2) is 12.5 Å². The number of aryl methyl sites for hydroxylation is 1. The van der Waals surface area contributed by atoms with E-state index in [1.54, 1.807) is 0 Å². The summed E-state index contributed by atoms with van der Waals surface area (Å²) in [6.45, 7) is 4.95. The van der Waals surface area contributed by atoms with Crippen molar-refractivity contribution in [2.24, 2.45) is 5.92 Å². The predicted molar refractivity (Wildman–Crippen MR) is 57.2 cm³/mol. The number of carbonyl (C=O) groups is 1. The molecule has 0 fully saturated rings. The molecular formula is C11H17N3O. The van der Waals surface area contributed by atoms with E-state index in [1.807, 2.05) is 26.4 Å². The molecule has 0 bridgehead atoms. The molecule has 0 aliphatic carbocycles. The molecule has 1 aliphatic rings. The van der Waals surface area contributed by atoms with E-state index in [4.69, 9.17) is 0 Å². The highest BCUT2D eigenvalue weighted by Gasteiger charge is 2.25. The third kappa shape index (κ3) is 1.89. The third-order valence-electron chi connectivity index (χ3n) is 3.14. The summed E-state index contributed by atoms with van der Waals surface area (Å²) in [7, 11) is 0. The van der Waals surface area contributed by atoms with E-state index in [0.29, 0.717) is 0 Å². The van der Waals surface area contributed by atoms with Crippen molar-refractivity contribution in [3.05, 3.63) is 18.2 Å². The van der Waals surface area contributed by atoms with E-state index in [2.05, 4.69) is 14.9 Å². The van der Waals surface area contributed by atoms with E-state index < -0.39 is 0 Å². The maximum atomic E-state index is 11.7.